The van der Waals surface area contributed by atoms with Crippen molar-refractivity contribution in [2.24, 2.45) is 0 Å². The van der Waals surface area contributed by atoms with Gasteiger partial charge in [-0.3, -0.25) is 4.79 Å². The van der Waals surface area contributed by atoms with Crippen LogP contribution in [0, 0.1) is 5.82 Å². The Hall–Kier alpha value is -3.20. The third-order valence-electron chi connectivity index (χ3n) is 4.96. The molecule has 0 unspecified atom stereocenters. The quantitative estimate of drug-likeness (QED) is 0.673. The van der Waals surface area contributed by atoms with Crippen LogP contribution in [0.3, 0.4) is 0 Å². The lowest BCUT2D eigenvalue weighted by atomic mass is 10.1. The van der Waals surface area contributed by atoms with Crippen LogP contribution in [-0.4, -0.2) is 48.8 Å². The lowest BCUT2D eigenvalue weighted by molar-refractivity contribution is 0.0941. The molecule has 0 bridgehead atoms. The maximum atomic E-state index is 13.3. The molecule has 3 aromatic rings. The lowest BCUT2D eigenvalue weighted by Gasteiger charge is -2.11. The number of nitrogens with one attached hydrogen (secondary N) is 1. The average Bonchev–Trinajstić information content (AvgIpc) is 3.32. The summed E-state index contributed by atoms with van der Waals surface area (Å²) in [5.41, 5.74) is 1.95. The normalized spacial score (nSPS) is 17.6. The molecule has 9 heteroatoms. The van der Waals surface area contributed by atoms with Crippen LogP contribution in [0.15, 0.2) is 54.7 Å². The van der Waals surface area contributed by atoms with Crippen LogP contribution in [0.5, 0.6) is 5.75 Å². The number of halogens is 1. The van der Waals surface area contributed by atoms with Crippen LogP contribution in [0.4, 0.5) is 4.39 Å². The molecule has 0 saturated carbocycles. The Morgan fingerprint density at radius 3 is 2.67 bits per heavy atom. The van der Waals surface area contributed by atoms with Crippen LogP contribution in [0.2, 0.25) is 0 Å². The summed E-state index contributed by atoms with van der Waals surface area (Å²) in [6, 6.07) is 12.4. The highest BCUT2D eigenvalue weighted by Crippen LogP contribution is 2.27. The molecule has 0 radical (unpaired) electrons. The molecule has 4 rings (SSSR count). The Kier molecular flexibility index (Phi) is 5.29. The molecule has 1 N–H and O–H groups in total. The monoisotopic (exact) mass is 429 g/mol. The first-order valence-electron chi connectivity index (χ1n) is 9.36. The minimum Gasteiger partial charge on any atom is -0.497 e. The Balaban J connectivity index is 1.73. The average molecular weight is 429 g/mol. The van der Waals surface area contributed by atoms with Crippen LogP contribution in [-0.2, 0) is 9.84 Å². The maximum Gasteiger partial charge on any atom is 0.255 e. The van der Waals surface area contributed by atoms with Crippen molar-refractivity contribution in [2.45, 2.75) is 12.5 Å². The van der Waals surface area contributed by atoms with E-state index in [1.165, 1.54) is 16.8 Å². The standard InChI is InChI=1S/C21H20FN3O4S/c1-29-18-4-2-3-14(11-18)20-19(21(26)23-16-9-10-30(27,28)13-16)12-25(24-20)17-7-5-15(22)6-8-17/h2-8,11-12,16H,9-10,13H2,1H3,(H,23,26)/t16-/m1/s1. The highest BCUT2D eigenvalue weighted by Gasteiger charge is 2.30. The van der Waals surface area contributed by atoms with Gasteiger partial charge in [0.05, 0.1) is 29.9 Å². The molecule has 156 valence electrons. The van der Waals surface area contributed by atoms with Gasteiger partial charge in [0.2, 0.25) is 0 Å². The van der Waals surface area contributed by atoms with Gasteiger partial charge >= 0.3 is 0 Å². The van der Waals surface area contributed by atoms with Gasteiger partial charge in [0.15, 0.2) is 9.84 Å². The number of nitrogens with zero attached hydrogens (tertiary/aromatic N) is 2. The second-order valence-corrected chi connectivity index (χ2v) is 9.35. The summed E-state index contributed by atoms with van der Waals surface area (Å²) in [6.07, 6.45) is 1.94. The van der Waals surface area contributed by atoms with Crippen LogP contribution < -0.4 is 10.1 Å². The number of carbonyl (C=O) groups excluding carboxylic acids is 1. The largest absolute Gasteiger partial charge is 0.497 e. The van der Waals surface area contributed by atoms with E-state index in [0.29, 0.717) is 29.1 Å². The van der Waals surface area contributed by atoms with E-state index in [2.05, 4.69) is 10.4 Å². The molecule has 2 aromatic carbocycles. The van der Waals surface area contributed by atoms with E-state index in [4.69, 9.17) is 4.74 Å². The number of aromatic nitrogens is 2. The number of amides is 1. The van der Waals surface area contributed by atoms with Crippen molar-refractivity contribution in [3.05, 3.63) is 66.1 Å². The van der Waals surface area contributed by atoms with Crippen molar-refractivity contribution >= 4 is 15.7 Å². The van der Waals surface area contributed by atoms with E-state index in [0.717, 1.165) is 0 Å². The van der Waals surface area contributed by atoms with Gasteiger partial charge in [0, 0.05) is 17.8 Å². The smallest absolute Gasteiger partial charge is 0.255 e. The van der Waals surface area contributed by atoms with Gasteiger partial charge in [-0.2, -0.15) is 5.10 Å². The fourth-order valence-electron chi connectivity index (χ4n) is 3.42. The number of hydrogen-bond acceptors (Lipinski definition) is 5. The van der Waals surface area contributed by atoms with Gasteiger partial charge in [-0.1, -0.05) is 12.1 Å². The zero-order valence-electron chi connectivity index (χ0n) is 16.2. The summed E-state index contributed by atoms with van der Waals surface area (Å²) in [5, 5.41) is 7.34. The van der Waals surface area contributed by atoms with Crippen molar-refractivity contribution in [3.8, 4) is 22.7 Å². The lowest BCUT2D eigenvalue weighted by Crippen LogP contribution is -2.35. The zero-order valence-corrected chi connectivity index (χ0v) is 17.0. The Labute approximate surface area is 173 Å². The molecule has 1 fully saturated rings. The number of sulfone groups is 1. The van der Waals surface area contributed by atoms with Crippen LogP contribution in [0.25, 0.3) is 16.9 Å². The highest BCUT2D eigenvalue weighted by molar-refractivity contribution is 7.91. The molecular formula is C21H20FN3O4S. The molecule has 1 aromatic heterocycles. The molecule has 1 amide bonds. The van der Waals surface area contributed by atoms with Crippen molar-refractivity contribution < 1.29 is 22.3 Å². The fraction of sp³-hybridized carbons (Fsp3) is 0.238. The van der Waals surface area contributed by atoms with Crippen molar-refractivity contribution in [2.75, 3.05) is 18.6 Å². The molecule has 2 heterocycles. The van der Waals surface area contributed by atoms with E-state index in [1.54, 1.807) is 49.7 Å². The number of methoxy groups -OCH3 is 1. The van der Waals surface area contributed by atoms with Crippen LogP contribution in [0.1, 0.15) is 16.8 Å². The van der Waals surface area contributed by atoms with Gasteiger partial charge in [-0.15, -0.1) is 0 Å². The van der Waals surface area contributed by atoms with Crippen molar-refractivity contribution in [3.63, 3.8) is 0 Å². The minimum atomic E-state index is -3.12. The second kappa shape index (κ2) is 7.91. The SMILES string of the molecule is COc1cccc(-c2nn(-c3ccc(F)cc3)cc2C(=O)N[C@@H]2CCS(=O)(=O)C2)c1. The fourth-order valence-corrected chi connectivity index (χ4v) is 5.10. The zero-order chi connectivity index (χ0) is 21.3. The van der Waals surface area contributed by atoms with E-state index < -0.39 is 21.8 Å². The summed E-state index contributed by atoms with van der Waals surface area (Å²) in [7, 11) is -1.58. The number of rotatable bonds is 5. The van der Waals surface area contributed by atoms with Crippen molar-refractivity contribution in [1.29, 1.82) is 0 Å². The third-order valence-corrected chi connectivity index (χ3v) is 6.73. The molecule has 0 aliphatic carbocycles. The Morgan fingerprint density at radius 1 is 1.23 bits per heavy atom. The first-order valence-corrected chi connectivity index (χ1v) is 11.2. The number of carbonyl (C=O) groups is 1. The Bertz CT molecular complexity index is 1190. The van der Waals surface area contributed by atoms with Crippen molar-refractivity contribution in [1.82, 2.24) is 15.1 Å². The first-order chi connectivity index (χ1) is 14.3. The topological polar surface area (TPSA) is 90.3 Å². The van der Waals surface area contributed by atoms with Gasteiger partial charge < -0.3 is 10.1 Å². The maximum absolute atomic E-state index is 13.3. The summed E-state index contributed by atoms with van der Waals surface area (Å²) in [5.74, 6) is -0.186. The first kappa shape index (κ1) is 20.1. The van der Waals surface area contributed by atoms with Gasteiger partial charge in [-0.05, 0) is 42.8 Å². The number of ether oxygens (including phenoxy) is 1. The molecule has 1 aliphatic rings. The molecule has 1 atom stereocenters. The second-order valence-electron chi connectivity index (χ2n) is 7.12. The highest BCUT2D eigenvalue weighted by atomic mass is 32.2. The minimum absolute atomic E-state index is 0.0650. The molecule has 0 spiro atoms. The van der Waals surface area contributed by atoms with E-state index in [1.807, 2.05) is 0 Å². The summed E-state index contributed by atoms with van der Waals surface area (Å²) in [4.78, 5) is 13.0. The molecule has 1 aliphatic heterocycles. The van der Waals surface area contributed by atoms with Gasteiger partial charge in [0.1, 0.15) is 17.3 Å². The van der Waals surface area contributed by atoms with E-state index in [-0.39, 0.29) is 22.9 Å². The van der Waals surface area contributed by atoms with Gasteiger partial charge in [0.25, 0.3) is 5.91 Å². The third kappa shape index (κ3) is 4.20. The summed E-state index contributed by atoms with van der Waals surface area (Å²) >= 11 is 0. The summed E-state index contributed by atoms with van der Waals surface area (Å²) in [6.45, 7) is 0. The van der Waals surface area contributed by atoms with E-state index in [9.17, 15) is 17.6 Å². The predicted molar refractivity (Wildman–Crippen MR) is 110 cm³/mol. The molecule has 1 saturated heterocycles. The van der Waals surface area contributed by atoms with Gasteiger partial charge in [-0.25, -0.2) is 17.5 Å². The number of hydrogen-bond donors (Lipinski definition) is 1. The van der Waals surface area contributed by atoms with Crippen LogP contribution >= 0.6 is 0 Å². The van der Waals surface area contributed by atoms with E-state index >= 15 is 0 Å². The molecule has 7 nitrogen and oxygen atoms in total. The molecule has 30 heavy (non-hydrogen) atoms. The predicted octanol–water partition coefficient (Wildman–Crippen LogP) is 2.60. The Morgan fingerprint density at radius 2 is 2.00 bits per heavy atom. The summed E-state index contributed by atoms with van der Waals surface area (Å²) < 4.78 is 43.5. The molecular weight excluding hydrogens is 409 g/mol. The number of benzene rings is 2.